The fourth-order valence-electron chi connectivity index (χ4n) is 2.49. The number of aliphatic hydroxyl groups is 1. The smallest absolute Gasteiger partial charge is 0.251 e. The van der Waals surface area contributed by atoms with E-state index in [1.165, 1.54) is 0 Å². The molecule has 1 aromatic carbocycles. The zero-order chi connectivity index (χ0) is 16.7. The van der Waals surface area contributed by atoms with Crippen molar-refractivity contribution in [1.29, 1.82) is 0 Å². The van der Waals surface area contributed by atoms with E-state index in [0.717, 1.165) is 18.4 Å². The van der Waals surface area contributed by atoms with E-state index in [1.54, 1.807) is 25.1 Å². The van der Waals surface area contributed by atoms with E-state index >= 15 is 0 Å². The van der Waals surface area contributed by atoms with Gasteiger partial charge in [-0.2, -0.15) is 4.98 Å². The second kappa shape index (κ2) is 8.43. The van der Waals surface area contributed by atoms with Crippen molar-refractivity contribution in [3.05, 3.63) is 35.7 Å². The molecule has 1 atom stereocenters. The van der Waals surface area contributed by atoms with Gasteiger partial charge in [0, 0.05) is 31.2 Å². The third kappa shape index (κ3) is 4.89. The van der Waals surface area contributed by atoms with Gasteiger partial charge in [-0.3, -0.25) is 4.79 Å². The number of aromatic nitrogens is 2. The van der Waals surface area contributed by atoms with Crippen LogP contribution in [0.2, 0.25) is 0 Å². The van der Waals surface area contributed by atoms with Crippen LogP contribution < -0.4 is 5.32 Å². The third-order valence-corrected chi connectivity index (χ3v) is 3.70. The van der Waals surface area contributed by atoms with Crippen LogP contribution in [-0.4, -0.2) is 34.3 Å². The summed E-state index contributed by atoms with van der Waals surface area (Å²) in [5.74, 6) is 1.13. The lowest BCUT2D eigenvalue weighted by molar-refractivity contribution is 0.0943. The van der Waals surface area contributed by atoms with E-state index in [0.29, 0.717) is 36.2 Å². The zero-order valence-electron chi connectivity index (χ0n) is 13.6. The van der Waals surface area contributed by atoms with Gasteiger partial charge >= 0.3 is 0 Å². The second-order valence-electron chi connectivity index (χ2n) is 5.59. The minimum absolute atomic E-state index is 0.133. The quantitative estimate of drug-likeness (QED) is 0.781. The van der Waals surface area contributed by atoms with Crippen LogP contribution in [0.25, 0.3) is 11.4 Å². The lowest BCUT2D eigenvalue weighted by Crippen LogP contribution is -2.29. The SMILES string of the molecule is CCCC(CCO)CNC(=O)c1cccc(-c2noc(C)n2)c1. The van der Waals surface area contributed by atoms with Crippen LogP contribution in [0.3, 0.4) is 0 Å². The summed E-state index contributed by atoms with van der Waals surface area (Å²) in [6.45, 7) is 4.54. The summed E-state index contributed by atoms with van der Waals surface area (Å²) in [5.41, 5.74) is 1.30. The number of aryl methyl sites for hydroxylation is 1. The Kier molecular flexibility index (Phi) is 6.29. The van der Waals surface area contributed by atoms with Gasteiger partial charge in [-0.25, -0.2) is 0 Å². The van der Waals surface area contributed by atoms with Crippen molar-refractivity contribution >= 4 is 5.91 Å². The van der Waals surface area contributed by atoms with Gasteiger partial charge in [-0.15, -0.1) is 0 Å². The number of hydrogen-bond acceptors (Lipinski definition) is 5. The molecule has 0 aliphatic carbocycles. The van der Waals surface area contributed by atoms with Gasteiger partial charge in [-0.1, -0.05) is 30.6 Å². The van der Waals surface area contributed by atoms with Crippen LogP contribution in [0.15, 0.2) is 28.8 Å². The highest BCUT2D eigenvalue weighted by atomic mass is 16.5. The molecule has 1 amide bonds. The average molecular weight is 317 g/mol. The maximum Gasteiger partial charge on any atom is 0.251 e. The van der Waals surface area contributed by atoms with E-state index in [1.807, 2.05) is 6.07 Å². The average Bonchev–Trinajstić information content (AvgIpc) is 2.99. The van der Waals surface area contributed by atoms with Crippen molar-refractivity contribution in [1.82, 2.24) is 15.5 Å². The minimum Gasteiger partial charge on any atom is -0.396 e. The highest BCUT2D eigenvalue weighted by Gasteiger charge is 2.13. The van der Waals surface area contributed by atoms with Gasteiger partial charge < -0.3 is 14.9 Å². The zero-order valence-corrected chi connectivity index (χ0v) is 13.6. The first-order chi connectivity index (χ1) is 11.1. The summed E-state index contributed by atoms with van der Waals surface area (Å²) < 4.78 is 4.97. The Balaban J connectivity index is 2.02. The molecule has 23 heavy (non-hydrogen) atoms. The standard InChI is InChI=1S/C17H23N3O3/c1-3-5-13(8-9-21)11-18-17(22)15-7-4-6-14(10-15)16-19-12(2)23-20-16/h4,6-7,10,13,21H,3,5,8-9,11H2,1-2H3,(H,18,22). The Morgan fingerprint density at radius 2 is 2.22 bits per heavy atom. The van der Waals surface area contributed by atoms with E-state index in [-0.39, 0.29) is 12.5 Å². The van der Waals surface area contributed by atoms with Gasteiger partial charge in [0.1, 0.15) is 0 Å². The van der Waals surface area contributed by atoms with Crippen molar-refractivity contribution in [3.8, 4) is 11.4 Å². The van der Waals surface area contributed by atoms with Crippen LogP contribution in [0.5, 0.6) is 0 Å². The normalized spacial score (nSPS) is 12.1. The molecule has 0 fully saturated rings. The van der Waals surface area contributed by atoms with E-state index < -0.39 is 0 Å². The van der Waals surface area contributed by atoms with E-state index in [2.05, 4.69) is 22.4 Å². The Morgan fingerprint density at radius 3 is 2.87 bits per heavy atom. The summed E-state index contributed by atoms with van der Waals surface area (Å²) in [4.78, 5) is 16.5. The van der Waals surface area contributed by atoms with Crippen LogP contribution in [0, 0.1) is 12.8 Å². The van der Waals surface area contributed by atoms with Crippen molar-refractivity contribution in [2.24, 2.45) is 5.92 Å². The first-order valence-electron chi connectivity index (χ1n) is 7.93. The molecule has 0 saturated heterocycles. The third-order valence-electron chi connectivity index (χ3n) is 3.70. The summed E-state index contributed by atoms with van der Waals surface area (Å²) >= 11 is 0. The monoisotopic (exact) mass is 317 g/mol. The first-order valence-corrected chi connectivity index (χ1v) is 7.93. The van der Waals surface area contributed by atoms with Crippen LogP contribution in [0.1, 0.15) is 42.4 Å². The lowest BCUT2D eigenvalue weighted by Gasteiger charge is -2.15. The summed E-state index contributed by atoms with van der Waals surface area (Å²) in [6.07, 6.45) is 2.73. The van der Waals surface area contributed by atoms with Crippen molar-refractivity contribution < 1.29 is 14.4 Å². The molecule has 0 radical (unpaired) electrons. The number of nitrogens with zero attached hydrogens (tertiary/aromatic N) is 2. The molecule has 1 unspecified atom stereocenters. The van der Waals surface area contributed by atoms with Crippen LogP contribution in [0.4, 0.5) is 0 Å². The van der Waals surface area contributed by atoms with E-state index in [9.17, 15) is 4.79 Å². The Hall–Kier alpha value is -2.21. The number of amides is 1. The molecule has 2 rings (SSSR count). The maximum absolute atomic E-state index is 12.3. The molecule has 6 heteroatoms. The molecular weight excluding hydrogens is 294 g/mol. The molecule has 2 N–H and O–H groups in total. The van der Waals surface area contributed by atoms with Gasteiger partial charge in [0.2, 0.25) is 11.7 Å². The Bertz CT molecular complexity index is 634. The predicted molar refractivity (Wildman–Crippen MR) is 86.9 cm³/mol. The fourth-order valence-corrected chi connectivity index (χ4v) is 2.49. The lowest BCUT2D eigenvalue weighted by atomic mass is 10.00. The van der Waals surface area contributed by atoms with Gasteiger partial charge in [0.25, 0.3) is 5.91 Å². The number of benzene rings is 1. The molecule has 2 aromatic rings. The summed E-state index contributed by atoms with van der Waals surface area (Å²) in [6, 6.07) is 7.15. The van der Waals surface area contributed by atoms with Crippen molar-refractivity contribution in [2.45, 2.75) is 33.1 Å². The number of rotatable bonds is 8. The van der Waals surface area contributed by atoms with Crippen LogP contribution in [-0.2, 0) is 0 Å². The molecule has 0 aliphatic heterocycles. The molecule has 0 aliphatic rings. The van der Waals surface area contributed by atoms with E-state index in [4.69, 9.17) is 9.63 Å². The fraction of sp³-hybridized carbons (Fsp3) is 0.471. The van der Waals surface area contributed by atoms with Gasteiger partial charge in [0.15, 0.2) is 0 Å². The number of carbonyl (C=O) groups is 1. The number of nitrogens with one attached hydrogen (secondary N) is 1. The topological polar surface area (TPSA) is 88.2 Å². The number of carbonyl (C=O) groups excluding carboxylic acids is 1. The van der Waals surface area contributed by atoms with Gasteiger partial charge in [-0.05, 0) is 30.9 Å². The summed E-state index contributed by atoms with van der Waals surface area (Å²) in [5, 5.41) is 15.9. The molecular formula is C17H23N3O3. The molecule has 0 spiro atoms. The highest BCUT2D eigenvalue weighted by molar-refractivity contribution is 5.95. The Labute approximate surface area is 135 Å². The minimum atomic E-state index is -0.133. The molecule has 6 nitrogen and oxygen atoms in total. The highest BCUT2D eigenvalue weighted by Crippen LogP contribution is 2.17. The molecule has 124 valence electrons. The second-order valence-corrected chi connectivity index (χ2v) is 5.59. The molecule has 0 saturated carbocycles. The van der Waals surface area contributed by atoms with Crippen LogP contribution >= 0.6 is 0 Å². The molecule has 1 aromatic heterocycles. The number of hydrogen-bond donors (Lipinski definition) is 2. The first kappa shape index (κ1) is 17.1. The predicted octanol–water partition coefficient (Wildman–Crippen LogP) is 2.57. The maximum atomic E-state index is 12.3. The largest absolute Gasteiger partial charge is 0.396 e. The summed E-state index contributed by atoms with van der Waals surface area (Å²) in [7, 11) is 0. The van der Waals surface area contributed by atoms with Gasteiger partial charge in [0.05, 0.1) is 0 Å². The number of aliphatic hydroxyl groups excluding tert-OH is 1. The molecule has 0 bridgehead atoms. The van der Waals surface area contributed by atoms with Crippen molar-refractivity contribution in [3.63, 3.8) is 0 Å². The Morgan fingerprint density at radius 1 is 1.39 bits per heavy atom. The van der Waals surface area contributed by atoms with Crippen molar-refractivity contribution in [2.75, 3.05) is 13.2 Å². The molecule has 1 heterocycles.